The van der Waals surface area contributed by atoms with Gasteiger partial charge in [-0.05, 0) is 76.9 Å². The lowest BCUT2D eigenvalue weighted by atomic mass is 9.85. The maximum atomic E-state index is 13.4. The zero-order chi connectivity index (χ0) is 27.0. The van der Waals surface area contributed by atoms with Gasteiger partial charge in [0.15, 0.2) is 0 Å². The number of carbonyl (C=O) groups excluding carboxylic acids is 2. The molecule has 1 aliphatic heterocycles. The van der Waals surface area contributed by atoms with Crippen molar-refractivity contribution in [3.63, 3.8) is 0 Å². The Balaban J connectivity index is 1.29. The molecule has 2 N–H and O–H groups in total. The van der Waals surface area contributed by atoms with Crippen molar-refractivity contribution in [2.24, 2.45) is 5.92 Å². The Morgan fingerprint density at radius 3 is 2.53 bits per heavy atom. The number of likely N-dealkylation sites (N-methyl/N-ethyl adjacent to an activating group) is 1. The van der Waals surface area contributed by atoms with E-state index in [-0.39, 0.29) is 29.5 Å². The largest absolute Gasteiger partial charge is 0.496 e. The summed E-state index contributed by atoms with van der Waals surface area (Å²) >= 11 is 0. The van der Waals surface area contributed by atoms with E-state index in [2.05, 4.69) is 15.2 Å². The first-order valence-corrected chi connectivity index (χ1v) is 13.4. The third-order valence-corrected chi connectivity index (χ3v) is 8.27. The molecule has 1 saturated heterocycles. The number of aromatic nitrogens is 2. The molecule has 2 aliphatic rings. The van der Waals surface area contributed by atoms with Crippen molar-refractivity contribution >= 4 is 28.5 Å². The van der Waals surface area contributed by atoms with Crippen LogP contribution in [0.25, 0.3) is 11.0 Å². The zero-order valence-corrected chi connectivity index (χ0v) is 22.6. The molecule has 0 unspecified atom stereocenters. The number of methoxy groups -OCH3 is 1. The molecule has 9 heteroatoms. The van der Waals surface area contributed by atoms with Gasteiger partial charge in [-0.15, -0.1) is 0 Å². The van der Waals surface area contributed by atoms with Crippen molar-refractivity contribution in [3.05, 3.63) is 58.0 Å². The van der Waals surface area contributed by atoms with Crippen LogP contribution in [0, 0.1) is 12.8 Å². The van der Waals surface area contributed by atoms with Crippen LogP contribution in [0.5, 0.6) is 5.75 Å². The smallest absolute Gasteiger partial charge is 0.326 e. The van der Waals surface area contributed by atoms with E-state index in [0.29, 0.717) is 43.1 Å². The van der Waals surface area contributed by atoms with Gasteiger partial charge in [0.25, 0.3) is 5.91 Å². The van der Waals surface area contributed by atoms with E-state index in [9.17, 15) is 14.4 Å². The highest BCUT2D eigenvalue weighted by molar-refractivity contribution is 6.05. The van der Waals surface area contributed by atoms with Crippen LogP contribution in [-0.2, 0) is 4.79 Å². The molecule has 1 aromatic heterocycles. The third kappa shape index (κ3) is 4.95. The molecule has 1 aliphatic carbocycles. The number of amides is 2. The molecule has 9 nitrogen and oxygen atoms in total. The first kappa shape index (κ1) is 26.0. The van der Waals surface area contributed by atoms with Crippen molar-refractivity contribution in [2.75, 3.05) is 39.6 Å². The van der Waals surface area contributed by atoms with Crippen molar-refractivity contribution in [1.82, 2.24) is 19.4 Å². The van der Waals surface area contributed by atoms with E-state index in [1.54, 1.807) is 17.7 Å². The highest BCUT2D eigenvalue weighted by Crippen LogP contribution is 2.34. The number of nitrogens with one attached hydrogen (secondary N) is 2. The number of ether oxygens (including phenoxy) is 1. The molecule has 0 spiro atoms. The van der Waals surface area contributed by atoms with Crippen LogP contribution in [-0.4, -0.2) is 71.5 Å². The molecule has 202 valence electrons. The predicted molar refractivity (Wildman–Crippen MR) is 148 cm³/mol. The Hall–Kier alpha value is -3.59. The molecule has 2 fully saturated rings. The maximum absolute atomic E-state index is 13.4. The number of aromatic amines is 1. The third-order valence-electron chi connectivity index (χ3n) is 8.27. The maximum Gasteiger partial charge on any atom is 0.326 e. The first-order valence-electron chi connectivity index (χ1n) is 13.4. The van der Waals surface area contributed by atoms with Gasteiger partial charge < -0.3 is 24.8 Å². The molecule has 1 atom stereocenters. The fourth-order valence-electron chi connectivity index (χ4n) is 5.95. The zero-order valence-electron chi connectivity index (χ0n) is 22.6. The van der Waals surface area contributed by atoms with E-state index >= 15 is 0 Å². The molecule has 0 bridgehead atoms. The minimum Gasteiger partial charge on any atom is -0.496 e. The van der Waals surface area contributed by atoms with Gasteiger partial charge in [0.2, 0.25) is 5.91 Å². The lowest BCUT2D eigenvalue weighted by Crippen LogP contribution is -2.34. The highest BCUT2D eigenvalue weighted by Gasteiger charge is 2.32. The number of hydrogen-bond donors (Lipinski definition) is 2. The van der Waals surface area contributed by atoms with E-state index < -0.39 is 0 Å². The van der Waals surface area contributed by atoms with Gasteiger partial charge in [-0.2, -0.15) is 0 Å². The second-order valence-electron chi connectivity index (χ2n) is 10.8. The van der Waals surface area contributed by atoms with Crippen LogP contribution < -0.4 is 15.7 Å². The number of anilines is 1. The summed E-state index contributed by atoms with van der Waals surface area (Å²) in [4.78, 5) is 46.4. The van der Waals surface area contributed by atoms with E-state index in [0.717, 1.165) is 41.8 Å². The van der Waals surface area contributed by atoms with Crippen LogP contribution in [0.15, 0.2) is 41.2 Å². The Morgan fingerprint density at radius 1 is 1.08 bits per heavy atom. The molecule has 5 rings (SSSR count). The summed E-state index contributed by atoms with van der Waals surface area (Å²) in [7, 11) is 5.69. The van der Waals surface area contributed by atoms with Gasteiger partial charge in [-0.1, -0.05) is 12.1 Å². The SMILES string of the molecule is COc1cc(NC(=O)C2CCC(n3c(=O)[nH]c4c(C(=O)N5CC[C@@H](N(C)C)C5)cccc43)CC2)ccc1C. The van der Waals surface area contributed by atoms with Gasteiger partial charge in [-0.3, -0.25) is 14.2 Å². The fourth-order valence-corrected chi connectivity index (χ4v) is 5.95. The molecule has 2 heterocycles. The number of fused-ring (bicyclic) bond motifs is 1. The summed E-state index contributed by atoms with van der Waals surface area (Å²) in [5.41, 5.74) is 3.43. The Labute approximate surface area is 222 Å². The topological polar surface area (TPSA) is 99.7 Å². The minimum atomic E-state index is -0.201. The highest BCUT2D eigenvalue weighted by atomic mass is 16.5. The molecule has 2 amide bonds. The normalized spacial score (nSPS) is 21.7. The number of aryl methyl sites for hydroxylation is 1. The predicted octanol–water partition coefficient (Wildman–Crippen LogP) is 3.79. The summed E-state index contributed by atoms with van der Waals surface area (Å²) in [6, 6.07) is 11.5. The number of nitrogens with zero attached hydrogens (tertiary/aromatic N) is 3. The molecular formula is C29H37N5O4. The number of para-hydroxylation sites is 1. The number of hydrogen-bond acceptors (Lipinski definition) is 5. The quantitative estimate of drug-likeness (QED) is 0.516. The van der Waals surface area contributed by atoms with Crippen molar-refractivity contribution in [2.45, 2.75) is 51.1 Å². The summed E-state index contributed by atoms with van der Waals surface area (Å²) in [6.07, 6.45) is 3.77. The number of likely N-dealkylation sites (tertiary alicyclic amines) is 1. The van der Waals surface area contributed by atoms with Gasteiger partial charge in [0.1, 0.15) is 5.75 Å². The average molecular weight is 520 g/mol. The van der Waals surface area contributed by atoms with Crippen LogP contribution in [0.2, 0.25) is 0 Å². The van der Waals surface area contributed by atoms with E-state index in [1.807, 2.05) is 56.3 Å². The number of H-pyrrole nitrogens is 1. The Morgan fingerprint density at radius 2 is 1.84 bits per heavy atom. The van der Waals surface area contributed by atoms with Crippen molar-refractivity contribution in [3.8, 4) is 5.75 Å². The average Bonchev–Trinajstić information content (AvgIpc) is 3.54. The summed E-state index contributed by atoms with van der Waals surface area (Å²) < 4.78 is 7.16. The van der Waals surface area contributed by atoms with Crippen LogP contribution in [0.4, 0.5) is 5.69 Å². The Kier molecular flexibility index (Phi) is 7.29. The summed E-state index contributed by atoms with van der Waals surface area (Å²) in [5, 5.41) is 3.02. The molecular weight excluding hydrogens is 482 g/mol. The second kappa shape index (κ2) is 10.6. The van der Waals surface area contributed by atoms with Crippen LogP contribution >= 0.6 is 0 Å². The van der Waals surface area contributed by atoms with E-state index in [1.165, 1.54) is 0 Å². The van der Waals surface area contributed by atoms with Gasteiger partial charge in [0, 0.05) is 42.8 Å². The summed E-state index contributed by atoms with van der Waals surface area (Å²) in [6.45, 7) is 3.36. The summed E-state index contributed by atoms with van der Waals surface area (Å²) in [5.74, 6) is 0.582. The monoisotopic (exact) mass is 519 g/mol. The number of rotatable bonds is 6. The Bertz CT molecular complexity index is 1400. The van der Waals surface area contributed by atoms with E-state index in [4.69, 9.17) is 4.74 Å². The molecule has 38 heavy (non-hydrogen) atoms. The van der Waals surface area contributed by atoms with Gasteiger partial charge in [-0.25, -0.2) is 4.79 Å². The van der Waals surface area contributed by atoms with Crippen molar-refractivity contribution < 1.29 is 14.3 Å². The molecule has 2 aromatic carbocycles. The number of imidazole rings is 1. The number of carbonyl (C=O) groups is 2. The van der Waals surface area contributed by atoms with Crippen LogP contribution in [0.1, 0.15) is 54.1 Å². The fraction of sp³-hybridized carbons (Fsp3) is 0.483. The minimum absolute atomic E-state index is 0.00449. The van der Waals surface area contributed by atoms with Gasteiger partial charge >= 0.3 is 5.69 Å². The van der Waals surface area contributed by atoms with Crippen molar-refractivity contribution in [1.29, 1.82) is 0 Å². The lowest BCUT2D eigenvalue weighted by Gasteiger charge is -2.28. The standard InChI is InChI=1S/C29H37N5O4/c1-18-8-11-20(16-25(18)38-4)30-27(35)19-9-12-21(13-10-19)34-24-7-5-6-23(26(24)31-29(34)37)28(36)33-15-14-22(17-33)32(2)3/h5-8,11,16,19,21-22H,9-10,12-15,17H2,1-4H3,(H,30,35)(H,31,37)/t19?,21?,22-/m1/s1. The molecule has 0 radical (unpaired) electrons. The second-order valence-corrected chi connectivity index (χ2v) is 10.8. The lowest BCUT2D eigenvalue weighted by molar-refractivity contribution is -0.121. The first-order chi connectivity index (χ1) is 18.3. The molecule has 1 saturated carbocycles. The number of benzene rings is 2. The van der Waals surface area contributed by atoms with Crippen LogP contribution in [0.3, 0.4) is 0 Å². The molecule has 3 aromatic rings. The van der Waals surface area contributed by atoms with Gasteiger partial charge in [0.05, 0.1) is 23.7 Å².